The van der Waals surface area contributed by atoms with Crippen molar-refractivity contribution in [1.29, 1.82) is 0 Å². The van der Waals surface area contributed by atoms with Crippen LogP contribution in [0.4, 0.5) is 5.69 Å². The fourth-order valence-corrected chi connectivity index (χ4v) is 4.27. The lowest BCUT2D eigenvalue weighted by atomic mass is 10.1. The van der Waals surface area contributed by atoms with E-state index in [0.717, 1.165) is 10.5 Å². The molecule has 0 atom stereocenters. The molecule has 172 valence electrons. The van der Waals surface area contributed by atoms with Crippen LogP contribution in [0.15, 0.2) is 66.7 Å². The second-order valence-corrected chi connectivity index (χ2v) is 8.72. The third kappa shape index (κ3) is 4.68. The molecule has 0 N–H and O–H groups in total. The predicted octanol–water partition coefficient (Wildman–Crippen LogP) is 5.55. The van der Waals surface area contributed by atoms with Crippen molar-refractivity contribution in [2.24, 2.45) is 0 Å². The number of benzene rings is 3. The van der Waals surface area contributed by atoms with E-state index in [4.69, 9.17) is 40.2 Å². The Balaban J connectivity index is 1.52. The summed E-state index contributed by atoms with van der Waals surface area (Å²) in [7, 11) is 0. The van der Waals surface area contributed by atoms with Crippen molar-refractivity contribution in [2.45, 2.75) is 6.92 Å². The highest BCUT2D eigenvalue weighted by molar-refractivity contribution is 7.80. The smallest absolute Gasteiger partial charge is 0.271 e. The summed E-state index contributed by atoms with van der Waals surface area (Å²) in [5.74, 6) is -1.29. The summed E-state index contributed by atoms with van der Waals surface area (Å²) < 4.78 is 5.67. The lowest BCUT2D eigenvalue weighted by Crippen LogP contribution is -2.39. The largest absolute Gasteiger partial charge is 0.468 e. The van der Waals surface area contributed by atoms with E-state index in [1.165, 1.54) is 17.0 Å². The summed E-state index contributed by atoms with van der Waals surface area (Å²) >= 11 is 17.7. The molecule has 0 fully saturated rings. The fraction of sp³-hybridized carbons (Fsp3) is 0.120. The van der Waals surface area contributed by atoms with Gasteiger partial charge in [-0.25, -0.2) is 4.90 Å². The van der Waals surface area contributed by atoms with Gasteiger partial charge in [0.1, 0.15) is 6.61 Å². The summed E-state index contributed by atoms with van der Waals surface area (Å²) in [6, 6.07) is 18.3. The molecule has 34 heavy (non-hydrogen) atoms. The van der Waals surface area contributed by atoms with Crippen molar-refractivity contribution in [3.8, 4) is 0 Å². The maximum absolute atomic E-state index is 13.4. The Morgan fingerprint density at radius 3 is 2.18 bits per heavy atom. The number of imide groups is 1. The molecule has 0 spiro atoms. The first-order chi connectivity index (χ1) is 16.3. The van der Waals surface area contributed by atoms with Gasteiger partial charge in [-0.3, -0.25) is 19.3 Å². The topological polar surface area (TPSA) is 66.9 Å². The zero-order valence-corrected chi connectivity index (χ0v) is 20.3. The fourth-order valence-electron chi connectivity index (χ4n) is 3.51. The lowest BCUT2D eigenvalue weighted by Gasteiger charge is -2.24. The van der Waals surface area contributed by atoms with Gasteiger partial charge in [-0.2, -0.15) is 0 Å². The maximum Gasteiger partial charge on any atom is 0.271 e. The van der Waals surface area contributed by atoms with Crippen LogP contribution in [0.1, 0.15) is 36.6 Å². The number of nitrogens with zero attached hydrogens (tertiary/aromatic N) is 2. The Kier molecular flexibility index (Phi) is 6.97. The van der Waals surface area contributed by atoms with Gasteiger partial charge in [0.15, 0.2) is 0 Å². The maximum atomic E-state index is 13.4. The molecule has 0 saturated carbocycles. The Morgan fingerprint density at radius 2 is 1.59 bits per heavy atom. The molecule has 0 bridgehead atoms. The van der Waals surface area contributed by atoms with Crippen LogP contribution < -0.4 is 4.90 Å². The summed E-state index contributed by atoms with van der Waals surface area (Å²) in [4.78, 5) is 40.8. The number of carbonyl (C=O) groups excluding carboxylic acids is 3. The van der Waals surface area contributed by atoms with Gasteiger partial charge in [0, 0.05) is 5.02 Å². The Bertz CT molecular complexity index is 1280. The molecule has 3 amide bonds. The van der Waals surface area contributed by atoms with Crippen LogP contribution in [0.2, 0.25) is 10.0 Å². The van der Waals surface area contributed by atoms with Gasteiger partial charge in [0.25, 0.3) is 22.9 Å². The van der Waals surface area contributed by atoms with Gasteiger partial charge in [-0.05, 0) is 61.6 Å². The number of hydrogen-bond acceptors (Lipinski definition) is 5. The second kappa shape index (κ2) is 9.93. The molecule has 9 heteroatoms. The van der Waals surface area contributed by atoms with E-state index >= 15 is 0 Å². The van der Waals surface area contributed by atoms with E-state index in [-0.39, 0.29) is 28.9 Å². The van der Waals surface area contributed by atoms with Crippen LogP contribution in [0.3, 0.4) is 0 Å². The quantitative estimate of drug-likeness (QED) is 0.331. The third-order valence-electron chi connectivity index (χ3n) is 5.26. The zero-order chi connectivity index (χ0) is 24.4. The molecule has 1 aliphatic rings. The van der Waals surface area contributed by atoms with Crippen molar-refractivity contribution >= 4 is 64.0 Å². The van der Waals surface area contributed by atoms with Crippen LogP contribution in [0.25, 0.3) is 0 Å². The van der Waals surface area contributed by atoms with E-state index in [1.54, 1.807) is 42.5 Å². The predicted molar refractivity (Wildman–Crippen MR) is 135 cm³/mol. The average molecular weight is 513 g/mol. The number of carbonyl (C=O) groups is 3. The number of halogens is 2. The number of hydrogen-bond donors (Lipinski definition) is 0. The van der Waals surface area contributed by atoms with Crippen LogP contribution in [-0.4, -0.2) is 40.9 Å². The van der Waals surface area contributed by atoms with Gasteiger partial charge in [0.05, 0.1) is 33.9 Å². The second-order valence-electron chi connectivity index (χ2n) is 7.52. The number of rotatable bonds is 5. The van der Waals surface area contributed by atoms with Crippen molar-refractivity contribution in [2.75, 3.05) is 18.1 Å². The molecule has 0 aliphatic carbocycles. The summed E-state index contributed by atoms with van der Waals surface area (Å²) in [5, 5.41) is 0.420. The molecule has 3 aromatic carbocycles. The van der Waals surface area contributed by atoms with E-state index in [0.29, 0.717) is 21.8 Å². The standard InChI is InChI=1S/C25H18Cl2N2O4S/c1-15-6-9-17(10-7-15)29(24(32)20-11-8-16(26)14-21(20)27)25(34)33-13-12-28-22(30)18-4-2-3-5-19(18)23(28)31/h2-11,14H,12-13H2,1H3. The summed E-state index contributed by atoms with van der Waals surface area (Å²) in [6.45, 7) is 1.81. The molecule has 0 unspecified atom stereocenters. The van der Waals surface area contributed by atoms with Crippen LogP contribution >= 0.6 is 35.4 Å². The van der Waals surface area contributed by atoms with Crippen LogP contribution in [0, 0.1) is 6.92 Å². The van der Waals surface area contributed by atoms with Gasteiger partial charge in [0.2, 0.25) is 0 Å². The minimum atomic E-state index is -0.503. The summed E-state index contributed by atoms with van der Waals surface area (Å²) in [5.41, 5.74) is 2.37. The number of aryl methyl sites for hydroxylation is 1. The van der Waals surface area contributed by atoms with Crippen LogP contribution in [0.5, 0.6) is 0 Å². The molecule has 0 saturated heterocycles. The number of anilines is 1. The van der Waals surface area contributed by atoms with E-state index < -0.39 is 17.7 Å². The normalized spacial score (nSPS) is 12.5. The number of amides is 3. The van der Waals surface area contributed by atoms with Crippen molar-refractivity contribution < 1.29 is 19.1 Å². The van der Waals surface area contributed by atoms with Gasteiger partial charge < -0.3 is 4.74 Å². The molecule has 1 heterocycles. The van der Waals surface area contributed by atoms with E-state index in [2.05, 4.69) is 0 Å². The molecule has 6 nitrogen and oxygen atoms in total. The van der Waals surface area contributed by atoms with Gasteiger partial charge in [-0.1, -0.05) is 53.0 Å². The third-order valence-corrected chi connectivity index (χ3v) is 6.11. The first-order valence-electron chi connectivity index (χ1n) is 10.3. The number of ether oxygens (including phenoxy) is 1. The average Bonchev–Trinajstić information content (AvgIpc) is 3.05. The molecule has 4 rings (SSSR count). The SMILES string of the molecule is Cc1ccc(N(C(=O)c2ccc(Cl)cc2Cl)C(=S)OCCN2C(=O)c3ccccc3C2=O)cc1. The lowest BCUT2D eigenvalue weighted by molar-refractivity contribution is 0.0627. The van der Waals surface area contributed by atoms with Crippen molar-refractivity contribution in [3.63, 3.8) is 0 Å². The Hall–Kier alpha value is -3.26. The Morgan fingerprint density at radius 1 is 0.971 bits per heavy atom. The van der Waals surface area contributed by atoms with Crippen molar-refractivity contribution in [3.05, 3.63) is 99.0 Å². The Labute approximate surface area is 211 Å². The van der Waals surface area contributed by atoms with Gasteiger partial charge >= 0.3 is 0 Å². The molecule has 0 aromatic heterocycles. The number of fused-ring (bicyclic) bond motifs is 1. The van der Waals surface area contributed by atoms with Crippen molar-refractivity contribution in [1.82, 2.24) is 4.90 Å². The monoisotopic (exact) mass is 512 g/mol. The highest BCUT2D eigenvalue weighted by Gasteiger charge is 2.35. The first-order valence-corrected chi connectivity index (χ1v) is 11.4. The van der Waals surface area contributed by atoms with Gasteiger partial charge in [-0.15, -0.1) is 0 Å². The summed E-state index contributed by atoms with van der Waals surface area (Å²) in [6.07, 6.45) is 0. The highest BCUT2D eigenvalue weighted by Crippen LogP contribution is 2.26. The van der Waals surface area contributed by atoms with E-state index in [9.17, 15) is 14.4 Å². The highest BCUT2D eigenvalue weighted by atomic mass is 35.5. The first kappa shape index (κ1) is 23.9. The van der Waals surface area contributed by atoms with E-state index in [1.807, 2.05) is 19.1 Å². The number of thiocarbonyl (C=S) groups is 1. The molecule has 1 aliphatic heterocycles. The molecular weight excluding hydrogens is 495 g/mol. The van der Waals surface area contributed by atoms with Crippen LogP contribution in [-0.2, 0) is 4.74 Å². The zero-order valence-electron chi connectivity index (χ0n) is 18.0. The molecular formula is C25H18Cl2N2O4S. The minimum absolute atomic E-state index is 0.0237. The molecule has 0 radical (unpaired) electrons. The minimum Gasteiger partial charge on any atom is -0.468 e. The molecule has 3 aromatic rings.